The molecule has 122 valence electrons. The van der Waals surface area contributed by atoms with Crippen molar-refractivity contribution >= 4 is 30.7 Å². The van der Waals surface area contributed by atoms with Crippen LogP contribution in [0, 0.1) is 11.8 Å². The molecule has 0 aliphatic carbocycles. The summed E-state index contributed by atoms with van der Waals surface area (Å²) in [5, 5.41) is 3.18. The van der Waals surface area contributed by atoms with Gasteiger partial charge in [0.05, 0.1) is 0 Å². The standard InChI is InChI=1S/C14H29N3O.2ClH/c1-11(2)9-14(3,10-15)16-13(18)12-5-7-17(4)8-6-12;;/h11-12H,5-10,15H2,1-4H3,(H,16,18);2*1H. The van der Waals surface area contributed by atoms with Crippen LogP contribution in [-0.4, -0.2) is 43.0 Å². The van der Waals surface area contributed by atoms with Crippen LogP contribution in [0.2, 0.25) is 0 Å². The number of nitrogens with zero attached hydrogens (tertiary/aromatic N) is 1. The summed E-state index contributed by atoms with van der Waals surface area (Å²) in [6, 6.07) is 0. The Hall–Kier alpha value is -0.0300. The van der Waals surface area contributed by atoms with E-state index in [9.17, 15) is 4.79 Å². The summed E-state index contributed by atoms with van der Waals surface area (Å²) < 4.78 is 0. The normalized spacial score (nSPS) is 19.7. The van der Waals surface area contributed by atoms with Crippen LogP contribution in [0.4, 0.5) is 0 Å². The van der Waals surface area contributed by atoms with E-state index in [4.69, 9.17) is 5.73 Å². The second-order valence-electron chi connectivity index (χ2n) is 6.43. The van der Waals surface area contributed by atoms with Crippen molar-refractivity contribution in [2.24, 2.45) is 17.6 Å². The third-order valence-corrected chi connectivity index (χ3v) is 3.82. The number of carbonyl (C=O) groups is 1. The van der Waals surface area contributed by atoms with E-state index >= 15 is 0 Å². The second kappa shape index (κ2) is 9.82. The number of nitrogens with one attached hydrogen (secondary N) is 1. The van der Waals surface area contributed by atoms with Crippen LogP contribution >= 0.6 is 24.8 Å². The molecule has 1 aliphatic rings. The number of likely N-dealkylation sites (tertiary alicyclic amines) is 1. The van der Waals surface area contributed by atoms with Crippen molar-refractivity contribution in [3.8, 4) is 0 Å². The smallest absolute Gasteiger partial charge is 0.223 e. The lowest BCUT2D eigenvalue weighted by Crippen LogP contribution is -2.54. The molecular formula is C14H31Cl2N3O. The second-order valence-corrected chi connectivity index (χ2v) is 6.43. The number of carbonyl (C=O) groups excluding carboxylic acids is 1. The summed E-state index contributed by atoms with van der Waals surface area (Å²) in [5.74, 6) is 0.896. The van der Waals surface area contributed by atoms with Crippen LogP contribution in [0.15, 0.2) is 0 Å². The first-order chi connectivity index (χ1) is 8.36. The molecule has 1 amide bonds. The lowest BCUT2D eigenvalue weighted by molar-refractivity contribution is -0.128. The largest absolute Gasteiger partial charge is 0.349 e. The van der Waals surface area contributed by atoms with Gasteiger partial charge in [-0.3, -0.25) is 4.79 Å². The Bertz CT molecular complexity index is 282. The minimum Gasteiger partial charge on any atom is -0.349 e. The van der Waals surface area contributed by atoms with Gasteiger partial charge in [0.1, 0.15) is 0 Å². The minimum absolute atomic E-state index is 0. The predicted molar refractivity (Wildman–Crippen MR) is 89.8 cm³/mol. The molecule has 1 heterocycles. The zero-order valence-electron chi connectivity index (χ0n) is 13.1. The summed E-state index contributed by atoms with van der Waals surface area (Å²) in [5.41, 5.74) is 5.58. The minimum atomic E-state index is -0.255. The first kappa shape index (κ1) is 22.3. The van der Waals surface area contributed by atoms with Crippen molar-refractivity contribution in [3.05, 3.63) is 0 Å². The monoisotopic (exact) mass is 327 g/mol. The van der Waals surface area contributed by atoms with E-state index in [-0.39, 0.29) is 42.2 Å². The average Bonchev–Trinajstić information content (AvgIpc) is 2.28. The number of rotatable bonds is 5. The van der Waals surface area contributed by atoms with Gasteiger partial charge in [-0.2, -0.15) is 0 Å². The molecule has 20 heavy (non-hydrogen) atoms. The van der Waals surface area contributed by atoms with Crippen molar-refractivity contribution in [2.45, 2.75) is 45.6 Å². The van der Waals surface area contributed by atoms with Gasteiger partial charge >= 0.3 is 0 Å². The number of amides is 1. The Morgan fingerprint density at radius 3 is 2.25 bits per heavy atom. The van der Waals surface area contributed by atoms with Crippen LogP contribution in [-0.2, 0) is 4.79 Å². The van der Waals surface area contributed by atoms with Gasteiger partial charge in [-0.25, -0.2) is 0 Å². The van der Waals surface area contributed by atoms with Crippen LogP contribution in [0.1, 0.15) is 40.0 Å². The van der Waals surface area contributed by atoms with Gasteiger partial charge in [-0.05, 0) is 52.2 Å². The highest BCUT2D eigenvalue weighted by Gasteiger charge is 2.30. The number of piperidine rings is 1. The van der Waals surface area contributed by atoms with Gasteiger partial charge in [0, 0.05) is 18.0 Å². The molecule has 6 heteroatoms. The van der Waals surface area contributed by atoms with Gasteiger partial charge in [0.15, 0.2) is 0 Å². The maximum Gasteiger partial charge on any atom is 0.223 e. The maximum atomic E-state index is 12.3. The van der Waals surface area contributed by atoms with Crippen molar-refractivity contribution in [1.82, 2.24) is 10.2 Å². The van der Waals surface area contributed by atoms with E-state index in [0.717, 1.165) is 32.4 Å². The van der Waals surface area contributed by atoms with E-state index in [0.29, 0.717) is 12.5 Å². The highest BCUT2D eigenvalue weighted by molar-refractivity contribution is 5.85. The number of hydrogen-bond acceptors (Lipinski definition) is 3. The van der Waals surface area contributed by atoms with Gasteiger partial charge in [0.25, 0.3) is 0 Å². The Balaban J connectivity index is 0. The van der Waals surface area contributed by atoms with Crippen LogP contribution in [0.3, 0.4) is 0 Å². The lowest BCUT2D eigenvalue weighted by atomic mass is 9.88. The fourth-order valence-electron chi connectivity index (χ4n) is 2.76. The maximum absolute atomic E-state index is 12.3. The molecule has 0 radical (unpaired) electrons. The molecular weight excluding hydrogens is 297 g/mol. The molecule has 0 saturated carbocycles. The highest BCUT2D eigenvalue weighted by atomic mass is 35.5. The molecule has 3 N–H and O–H groups in total. The topological polar surface area (TPSA) is 58.4 Å². The van der Waals surface area contributed by atoms with Crippen molar-refractivity contribution in [1.29, 1.82) is 0 Å². The Kier molecular flexibility index (Phi) is 10.9. The number of nitrogens with two attached hydrogens (primary N) is 1. The first-order valence-electron chi connectivity index (χ1n) is 7.07. The van der Waals surface area contributed by atoms with E-state index in [1.165, 1.54) is 0 Å². The molecule has 1 atom stereocenters. The Morgan fingerprint density at radius 2 is 1.85 bits per heavy atom. The van der Waals surface area contributed by atoms with Crippen molar-refractivity contribution < 1.29 is 4.79 Å². The Labute approximate surface area is 136 Å². The summed E-state index contributed by atoms with van der Waals surface area (Å²) in [4.78, 5) is 14.6. The van der Waals surface area contributed by atoms with E-state index in [2.05, 4.69) is 38.0 Å². The molecule has 0 aromatic heterocycles. The molecule has 0 bridgehead atoms. The van der Waals surface area contributed by atoms with Crippen LogP contribution in [0.25, 0.3) is 0 Å². The van der Waals surface area contributed by atoms with E-state index in [1.807, 2.05) is 0 Å². The lowest BCUT2D eigenvalue weighted by Gasteiger charge is -2.35. The molecule has 1 fully saturated rings. The Morgan fingerprint density at radius 1 is 1.35 bits per heavy atom. The molecule has 1 rings (SSSR count). The fraction of sp³-hybridized carbons (Fsp3) is 0.929. The molecule has 4 nitrogen and oxygen atoms in total. The predicted octanol–water partition coefficient (Wildman–Crippen LogP) is 2.05. The summed E-state index contributed by atoms with van der Waals surface area (Å²) in [6.45, 7) is 8.91. The summed E-state index contributed by atoms with van der Waals surface area (Å²) in [7, 11) is 2.11. The van der Waals surface area contributed by atoms with E-state index < -0.39 is 0 Å². The quantitative estimate of drug-likeness (QED) is 0.812. The third kappa shape index (κ3) is 7.11. The first-order valence-corrected chi connectivity index (χ1v) is 7.07. The van der Waals surface area contributed by atoms with Crippen molar-refractivity contribution in [2.75, 3.05) is 26.7 Å². The molecule has 0 spiro atoms. The third-order valence-electron chi connectivity index (χ3n) is 3.82. The number of halogens is 2. The highest BCUT2D eigenvalue weighted by Crippen LogP contribution is 2.20. The zero-order chi connectivity index (χ0) is 13.8. The number of hydrogen-bond donors (Lipinski definition) is 2. The SMILES string of the molecule is CC(C)CC(C)(CN)NC(=O)C1CCN(C)CC1.Cl.Cl. The summed E-state index contributed by atoms with van der Waals surface area (Å²) >= 11 is 0. The fourth-order valence-corrected chi connectivity index (χ4v) is 2.76. The van der Waals surface area contributed by atoms with Gasteiger partial charge in [-0.15, -0.1) is 24.8 Å². The van der Waals surface area contributed by atoms with Crippen molar-refractivity contribution in [3.63, 3.8) is 0 Å². The summed E-state index contributed by atoms with van der Waals surface area (Å²) in [6.07, 6.45) is 2.86. The molecule has 1 saturated heterocycles. The van der Waals surface area contributed by atoms with Crippen LogP contribution in [0.5, 0.6) is 0 Å². The zero-order valence-corrected chi connectivity index (χ0v) is 14.8. The average molecular weight is 328 g/mol. The molecule has 1 unspecified atom stereocenters. The van der Waals surface area contributed by atoms with Crippen LogP contribution < -0.4 is 11.1 Å². The molecule has 1 aliphatic heterocycles. The van der Waals surface area contributed by atoms with Gasteiger partial charge in [0.2, 0.25) is 5.91 Å². The van der Waals surface area contributed by atoms with E-state index in [1.54, 1.807) is 0 Å². The molecule has 0 aromatic carbocycles. The van der Waals surface area contributed by atoms with Gasteiger partial charge in [-0.1, -0.05) is 13.8 Å². The van der Waals surface area contributed by atoms with Gasteiger partial charge < -0.3 is 16.0 Å². The molecule has 0 aromatic rings.